The maximum atomic E-state index is 10.8. The number of benzene rings is 2. The van der Waals surface area contributed by atoms with E-state index in [1.807, 2.05) is 22.7 Å². The second kappa shape index (κ2) is 6.00. The third kappa shape index (κ3) is 2.62. The highest BCUT2D eigenvalue weighted by Gasteiger charge is 2.16. The van der Waals surface area contributed by atoms with E-state index in [1.54, 1.807) is 0 Å². The van der Waals surface area contributed by atoms with Crippen LogP contribution in [0.2, 0.25) is 0 Å². The van der Waals surface area contributed by atoms with E-state index < -0.39 is 0 Å². The predicted octanol–water partition coefficient (Wildman–Crippen LogP) is 2.52. The molecule has 24 heavy (non-hydrogen) atoms. The fourth-order valence-corrected chi connectivity index (χ4v) is 3.35. The van der Waals surface area contributed by atoms with Crippen molar-refractivity contribution >= 4 is 23.0 Å². The lowest BCUT2D eigenvalue weighted by molar-refractivity contribution is -0.118. The predicted molar refractivity (Wildman–Crippen MR) is 96.0 cm³/mol. The van der Waals surface area contributed by atoms with Crippen LogP contribution in [-0.4, -0.2) is 47.3 Å². The monoisotopic (exact) mass is 320 g/mol. The quantitative estimate of drug-likeness (QED) is 0.696. The molecular weight excluding hydrogens is 300 g/mol. The zero-order valence-corrected chi connectivity index (χ0v) is 13.7. The van der Waals surface area contributed by atoms with Crippen molar-refractivity contribution in [2.24, 2.45) is 7.05 Å². The van der Waals surface area contributed by atoms with Crippen LogP contribution >= 0.6 is 0 Å². The highest BCUT2D eigenvalue weighted by Crippen LogP contribution is 2.29. The van der Waals surface area contributed by atoms with Gasteiger partial charge in [0.2, 0.25) is 6.41 Å². The van der Waals surface area contributed by atoms with Crippen LogP contribution in [0.1, 0.15) is 0 Å². The fraction of sp³-hybridized carbons (Fsp3) is 0.263. The normalized spacial score (nSPS) is 15.0. The minimum absolute atomic E-state index is 0.792. The molecule has 0 radical (unpaired) electrons. The van der Waals surface area contributed by atoms with E-state index in [0.717, 1.165) is 38.1 Å². The van der Waals surface area contributed by atoms with Crippen LogP contribution < -0.4 is 4.90 Å². The topological polar surface area (TPSA) is 41.4 Å². The summed E-state index contributed by atoms with van der Waals surface area (Å²) in [5.41, 5.74) is 4.63. The summed E-state index contributed by atoms with van der Waals surface area (Å²) < 4.78 is 1.86. The van der Waals surface area contributed by atoms with Crippen LogP contribution in [0, 0.1) is 0 Å². The van der Waals surface area contributed by atoms with Gasteiger partial charge in [0.05, 0.1) is 5.52 Å². The summed E-state index contributed by atoms with van der Waals surface area (Å²) in [4.78, 5) is 15.0. The van der Waals surface area contributed by atoms with Gasteiger partial charge in [-0.25, -0.2) is 0 Å². The Morgan fingerprint density at radius 2 is 1.75 bits per heavy atom. The maximum Gasteiger partial charge on any atom is 0.209 e. The lowest BCUT2D eigenvalue weighted by atomic mass is 10.0. The molecule has 5 nitrogen and oxygen atoms in total. The van der Waals surface area contributed by atoms with Gasteiger partial charge in [-0.2, -0.15) is 5.10 Å². The van der Waals surface area contributed by atoms with Gasteiger partial charge in [-0.3, -0.25) is 9.48 Å². The molecule has 2 aromatic carbocycles. The van der Waals surface area contributed by atoms with Gasteiger partial charge < -0.3 is 9.80 Å². The largest absolute Gasteiger partial charge is 0.368 e. The van der Waals surface area contributed by atoms with Gasteiger partial charge >= 0.3 is 0 Å². The third-order valence-electron chi connectivity index (χ3n) is 4.67. The van der Waals surface area contributed by atoms with Gasteiger partial charge in [0.25, 0.3) is 0 Å². The smallest absolute Gasteiger partial charge is 0.209 e. The second-order valence-electron chi connectivity index (χ2n) is 6.22. The number of hydrogen-bond acceptors (Lipinski definition) is 3. The number of amides is 1. The van der Waals surface area contributed by atoms with Gasteiger partial charge in [0.15, 0.2) is 0 Å². The zero-order valence-electron chi connectivity index (χ0n) is 13.7. The standard InChI is InChI=1S/C19H20N4O/c1-21-13-18-17(3-2-4-19(18)20-21)15-5-7-16(8-6-15)23-11-9-22(14-24)10-12-23/h2-8,13-14H,9-12H2,1H3. The summed E-state index contributed by atoms with van der Waals surface area (Å²) in [6, 6.07) is 14.9. The first kappa shape index (κ1) is 14.8. The van der Waals surface area contributed by atoms with Crippen molar-refractivity contribution < 1.29 is 4.79 Å². The zero-order chi connectivity index (χ0) is 16.5. The molecule has 0 N–H and O–H groups in total. The first-order chi connectivity index (χ1) is 11.7. The highest BCUT2D eigenvalue weighted by atomic mass is 16.1. The van der Waals surface area contributed by atoms with Gasteiger partial charge in [0.1, 0.15) is 0 Å². The summed E-state index contributed by atoms with van der Waals surface area (Å²) >= 11 is 0. The molecule has 1 saturated heterocycles. The molecule has 0 atom stereocenters. The van der Waals surface area contributed by atoms with Crippen molar-refractivity contribution in [3.8, 4) is 11.1 Å². The van der Waals surface area contributed by atoms with Gasteiger partial charge in [0, 0.05) is 50.5 Å². The van der Waals surface area contributed by atoms with E-state index in [9.17, 15) is 4.79 Å². The van der Waals surface area contributed by atoms with Crippen molar-refractivity contribution in [2.45, 2.75) is 0 Å². The number of aromatic nitrogens is 2. The molecule has 3 aromatic rings. The van der Waals surface area contributed by atoms with Crippen LogP contribution in [-0.2, 0) is 11.8 Å². The number of anilines is 1. The van der Waals surface area contributed by atoms with Crippen molar-refractivity contribution in [1.29, 1.82) is 0 Å². The number of aryl methyl sites for hydroxylation is 1. The summed E-state index contributed by atoms with van der Waals surface area (Å²) in [6.45, 7) is 3.35. The number of hydrogen-bond donors (Lipinski definition) is 0. The van der Waals surface area contributed by atoms with Gasteiger partial charge in [-0.05, 0) is 29.3 Å². The number of piperazine rings is 1. The summed E-state index contributed by atoms with van der Waals surface area (Å²) in [5, 5.41) is 5.65. The van der Waals surface area contributed by atoms with Crippen LogP contribution in [0.4, 0.5) is 5.69 Å². The van der Waals surface area contributed by atoms with Crippen molar-refractivity contribution in [1.82, 2.24) is 14.7 Å². The Labute approximate surface area is 141 Å². The molecule has 1 aliphatic rings. The van der Waals surface area contributed by atoms with Crippen LogP contribution in [0.5, 0.6) is 0 Å². The molecule has 0 spiro atoms. The average molecular weight is 320 g/mol. The molecule has 1 amide bonds. The van der Waals surface area contributed by atoms with E-state index in [0.29, 0.717) is 0 Å². The lowest BCUT2D eigenvalue weighted by Crippen LogP contribution is -2.45. The van der Waals surface area contributed by atoms with Crippen molar-refractivity contribution in [3.05, 3.63) is 48.7 Å². The number of carbonyl (C=O) groups is 1. The summed E-state index contributed by atoms with van der Waals surface area (Å²) in [7, 11) is 1.95. The van der Waals surface area contributed by atoms with E-state index in [1.165, 1.54) is 22.2 Å². The first-order valence-corrected chi connectivity index (χ1v) is 8.22. The Bertz CT molecular complexity index is 861. The molecule has 0 saturated carbocycles. The Morgan fingerprint density at radius 1 is 1.00 bits per heavy atom. The molecule has 0 unspecified atom stereocenters. The highest BCUT2D eigenvalue weighted by molar-refractivity contribution is 5.94. The van der Waals surface area contributed by atoms with Gasteiger partial charge in [-0.1, -0.05) is 24.3 Å². The minimum atomic E-state index is 0.792. The molecule has 0 bridgehead atoms. The van der Waals surface area contributed by atoms with Gasteiger partial charge in [-0.15, -0.1) is 0 Å². The van der Waals surface area contributed by atoms with E-state index in [4.69, 9.17) is 0 Å². The lowest BCUT2D eigenvalue weighted by Gasteiger charge is -2.34. The van der Waals surface area contributed by atoms with E-state index in [2.05, 4.69) is 52.6 Å². The minimum Gasteiger partial charge on any atom is -0.368 e. The Morgan fingerprint density at radius 3 is 2.46 bits per heavy atom. The first-order valence-electron chi connectivity index (χ1n) is 8.22. The van der Waals surface area contributed by atoms with Crippen molar-refractivity contribution in [3.63, 3.8) is 0 Å². The Kier molecular flexibility index (Phi) is 3.69. The molecule has 5 heteroatoms. The SMILES string of the molecule is Cn1cc2c(-c3ccc(N4CCN(C=O)CC4)cc3)cccc2n1. The van der Waals surface area contributed by atoms with Crippen LogP contribution in [0.25, 0.3) is 22.0 Å². The number of carbonyl (C=O) groups excluding carboxylic acids is 1. The second-order valence-corrected chi connectivity index (χ2v) is 6.22. The van der Waals surface area contributed by atoms with Crippen LogP contribution in [0.3, 0.4) is 0 Å². The molecule has 4 rings (SSSR count). The maximum absolute atomic E-state index is 10.8. The molecule has 2 heterocycles. The molecule has 1 fully saturated rings. The van der Waals surface area contributed by atoms with E-state index >= 15 is 0 Å². The number of fused-ring (bicyclic) bond motifs is 1. The Hall–Kier alpha value is -2.82. The van der Waals surface area contributed by atoms with E-state index in [-0.39, 0.29) is 0 Å². The van der Waals surface area contributed by atoms with Crippen LogP contribution in [0.15, 0.2) is 48.7 Å². The third-order valence-corrected chi connectivity index (χ3v) is 4.67. The number of rotatable bonds is 3. The molecule has 1 aromatic heterocycles. The fourth-order valence-electron chi connectivity index (χ4n) is 3.35. The van der Waals surface area contributed by atoms with Crippen molar-refractivity contribution in [2.75, 3.05) is 31.1 Å². The summed E-state index contributed by atoms with van der Waals surface area (Å²) in [6.07, 6.45) is 3.01. The molecular formula is C19H20N4O. The average Bonchev–Trinajstić information content (AvgIpc) is 3.02. The Balaban J connectivity index is 1.60. The molecule has 1 aliphatic heterocycles. The number of nitrogens with zero attached hydrogens (tertiary/aromatic N) is 4. The molecule has 0 aliphatic carbocycles. The summed E-state index contributed by atoms with van der Waals surface area (Å²) in [5.74, 6) is 0. The molecule has 122 valence electrons.